The van der Waals surface area contributed by atoms with Gasteiger partial charge in [-0.15, -0.1) is 0 Å². The summed E-state index contributed by atoms with van der Waals surface area (Å²) in [7, 11) is 5.19. The topological polar surface area (TPSA) is 107 Å². The summed E-state index contributed by atoms with van der Waals surface area (Å²) in [5.74, 6) is -0.607. The molecule has 1 aromatic rings. The maximum absolute atomic E-state index is 15.2. The third-order valence-electron chi connectivity index (χ3n) is 6.44. The number of nitrogens with two attached hydrogens (primary N) is 1. The zero-order valence-corrected chi connectivity index (χ0v) is 23.3. The van der Waals surface area contributed by atoms with E-state index in [1.165, 1.54) is 22.7 Å². The number of hydrogen-bond donors (Lipinski definition) is 4. The highest BCUT2D eigenvalue weighted by Gasteiger charge is 2.20. The number of aromatic nitrogens is 1. The van der Waals surface area contributed by atoms with Gasteiger partial charge in [0.05, 0.1) is 17.0 Å². The van der Waals surface area contributed by atoms with Crippen LogP contribution in [0.2, 0.25) is 0 Å². The summed E-state index contributed by atoms with van der Waals surface area (Å²) >= 11 is 0. The summed E-state index contributed by atoms with van der Waals surface area (Å²) in [6, 6.07) is 3.87. The lowest BCUT2D eigenvalue weighted by atomic mass is 9.98. The van der Waals surface area contributed by atoms with Gasteiger partial charge in [0, 0.05) is 58.2 Å². The summed E-state index contributed by atoms with van der Waals surface area (Å²) in [5.41, 5.74) is 10.7. The maximum atomic E-state index is 15.2. The number of aliphatic hydroxyl groups excluding tert-OH is 1. The number of carbonyl (C=O) groups excluding carboxylic acids is 1. The molecule has 1 amide bonds. The molecule has 2 heterocycles. The first kappa shape index (κ1) is 30.5. The minimum absolute atomic E-state index is 0.0402. The minimum Gasteiger partial charge on any atom is -0.396 e. The summed E-state index contributed by atoms with van der Waals surface area (Å²) < 4.78 is 15.2. The predicted octanol–water partition coefficient (Wildman–Crippen LogP) is 3.45. The van der Waals surface area contributed by atoms with E-state index in [-0.39, 0.29) is 24.4 Å². The van der Waals surface area contributed by atoms with Crippen LogP contribution in [0.5, 0.6) is 0 Å². The molecule has 0 radical (unpaired) electrons. The Morgan fingerprint density at radius 1 is 1.29 bits per heavy atom. The van der Waals surface area contributed by atoms with Crippen molar-refractivity contribution in [1.29, 1.82) is 0 Å². The van der Waals surface area contributed by atoms with Crippen molar-refractivity contribution in [3.8, 4) is 0 Å². The molecular weight excluding hydrogens is 483 g/mol. The van der Waals surface area contributed by atoms with E-state index < -0.39 is 5.83 Å². The molecule has 1 aromatic heterocycles. The van der Waals surface area contributed by atoms with Crippen molar-refractivity contribution < 1.29 is 14.3 Å². The monoisotopic (exact) mass is 524 g/mol. The summed E-state index contributed by atoms with van der Waals surface area (Å²) in [5, 5.41) is 14.3. The number of nitrogens with one attached hydrogen (secondary N) is 2. The molecule has 9 heteroatoms. The molecule has 1 atom stereocenters. The van der Waals surface area contributed by atoms with Gasteiger partial charge in [-0.3, -0.25) is 14.7 Å². The van der Waals surface area contributed by atoms with Gasteiger partial charge in [-0.25, -0.2) is 4.39 Å². The van der Waals surface area contributed by atoms with Crippen LogP contribution in [0.1, 0.15) is 43.2 Å². The van der Waals surface area contributed by atoms with Crippen LogP contribution in [0.3, 0.4) is 0 Å². The van der Waals surface area contributed by atoms with E-state index in [9.17, 15) is 4.79 Å². The van der Waals surface area contributed by atoms with E-state index in [1.54, 1.807) is 39.6 Å². The van der Waals surface area contributed by atoms with Crippen LogP contribution in [-0.2, 0) is 0 Å². The maximum Gasteiger partial charge on any atom is 0.254 e. The van der Waals surface area contributed by atoms with Gasteiger partial charge >= 0.3 is 0 Å². The highest BCUT2D eigenvalue weighted by atomic mass is 19.1. The molecule has 0 aromatic carbocycles. The normalized spacial score (nSPS) is 17.2. The van der Waals surface area contributed by atoms with Gasteiger partial charge < -0.3 is 26.4 Å². The first-order chi connectivity index (χ1) is 18.1. The van der Waals surface area contributed by atoms with E-state index in [4.69, 9.17) is 10.8 Å². The molecular formula is C29H41FN6O2. The van der Waals surface area contributed by atoms with Crippen molar-refractivity contribution in [2.24, 2.45) is 5.73 Å². The number of hydrogen-bond acceptors (Lipinski definition) is 7. The minimum atomic E-state index is -0.543. The Labute approximate surface area is 225 Å². The van der Waals surface area contributed by atoms with Crippen LogP contribution in [0.4, 0.5) is 4.39 Å². The van der Waals surface area contributed by atoms with Gasteiger partial charge in [-0.1, -0.05) is 17.7 Å². The molecule has 2 rings (SSSR count). The highest BCUT2D eigenvalue weighted by molar-refractivity contribution is 5.93. The number of nitrogens with zero attached hydrogens (tertiary/aromatic N) is 3. The molecule has 8 nitrogen and oxygen atoms in total. The van der Waals surface area contributed by atoms with Crippen LogP contribution in [0.25, 0.3) is 5.57 Å². The number of pyridine rings is 1. The van der Waals surface area contributed by atoms with Gasteiger partial charge in [0.2, 0.25) is 0 Å². The molecule has 1 aliphatic heterocycles. The lowest BCUT2D eigenvalue weighted by Gasteiger charge is -2.32. The van der Waals surface area contributed by atoms with Crippen LogP contribution in [0.15, 0.2) is 83.3 Å². The molecule has 0 fully saturated rings. The van der Waals surface area contributed by atoms with E-state index in [1.807, 2.05) is 32.1 Å². The molecule has 0 aliphatic carbocycles. The average Bonchev–Trinajstić information content (AvgIpc) is 2.92. The largest absolute Gasteiger partial charge is 0.396 e. The van der Waals surface area contributed by atoms with Gasteiger partial charge in [-0.05, 0) is 68.8 Å². The van der Waals surface area contributed by atoms with Crippen LogP contribution < -0.4 is 16.4 Å². The second-order valence-electron chi connectivity index (χ2n) is 9.35. The third-order valence-corrected chi connectivity index (χ3v) is 6.44. The molecule has 1 aliphatic rings. The van der Waals surface area contributed by atoms with Crippen LogP contribution in [0, 0.1) is 0 Å². The fourth-order valence-corrected chi connectivity index (χ4v) is 4.04. The van der Waals surface area contributed by atoms with Crippen molar-refractivity contribution in [1.82, 2.24) is 25.4 Å². The molecule has 5 N–H and O–H groups in total. The van der Waals surface area contributed by atoms with Gasteiger partial charge in [-0.2, -0.15) is 0 Å². The summed E-state index contributed by atoms with van der Waals surface area (Å²) in [6.07, 6.45) is 12.7. The third kappa shape index (κ3) is 8.43. The summed E-state index contributed by atoms with van der Waals surface area (Å²) in [6.45, 7) is 7.41. The molecule has 206 valence electrons. The molecule has 0 saturated heterocycles. The first-order valence-corrected chi connectivity index (χ1v) is 12.6. The highest BCUT2D eigenvalue weighted by Crippen LogP contribution is 2.26. The fourth-order valence-electron chi connectivity index (χ4n) is 4.04. The van der Waals surface area contributed by atoms with Gasteiger partial charge in [0.25, 0.3) is 5.91 Å². The zero-order valence-electron chi connectivity index (χ0n) is 23.3. The molecule has 1 unspecified atom stereocenters. The number of halogens is 1. The Balaban J connectivity index is 2.20. The Kier molecular flexibility index (Phi) is 12.0. The standard InChI is InChI=1S/C29H41FN6O2/c1-20(17-21(2)25(9-13-32-4)28(30)26(31)10-14-33-19-37)22(3)36-15-11-23(12-16-36)27-8-7-24(18-34-27)29(38)35(5)6/h7-11,13-14,17-18,22,32-33,37H,12,15-16,19,31H2,1-6H3/b13-9-,14-10-,20-17+,25-21-,28-26-. The Morgan fingerprint density at radius 2 is 2.03 bits per heavy atom. The zero-order chi connectivity index (χ0) is 28.2. The number of amides is 1. The molecule has 0 saturated carbocycles. The Hall–Kier alpha value is -3.69. The number of aliphatic hydroxyl groups is 1. The van der Waals surface area contributed by atoms with Gasteiger partial charge in [0.1, 0.15) is 6.73 Å². The van der Waals surface area contributed by atoms with Crippen molar-refractivity contribution in [3.63, 3.8) is 0 Å². The Bertz CT molecular complexity index is 1150. The van der Waals surface area contributed by atoms with Crippen LogP contribution >= 0.6 is 0 Å². The van der Waals surface area contributed by atoms with Crippen molar-refractivity contribution in [2.75, 3.05) is 41.0 Å². The SMILES string of the molecule is CN\C=C/C(=C(C)/C=C(\C)C(C)N1CC=C(c2ccc(C(=O)N(C)C)cn2)CC1)C(/F)=C(N)\C=C/NCO. The summed E-state index contributed by atoms with van der Waals surface area (Å²) in [4.78, 5) is 20.5. The molecule has 38 heavy (non-hydrogen) atoms. The lowest BCUT2D eigenvalue weighted by Crippen LogP contribution is -2.37. The smallest absolute Gasteiger partial charge is 0.254 e. The number of allylic oxidation sites excluding steroid dienone is 6. The van der Waals surface area contributed by atoms with E-state index in [0.29, 0.717) is 11.1 Å². The number of rotatable bonds is 11. The van der Waals surface area contributed by atoms with Gasteiger partial charge in [0.15, 0.2) is 5.83 Å². The predicted molar refractivity (Wildman–Crippen MR) is 152 cm³/mol. The number of carbonyl (C=O) groups is 1. The Morgan fingerprint density at radius 3 is 2.58 bits per heavy atom. The lowest BCUT2D eigenvalue weighted by molar-refractivity contribution is 0.0827. The molecule has 0 bridgehead atoms. The molecule has 0 spiro atoms. The second kappa shape index (κ2) is 14.9. The van der Waals surface area contributed by atoms with Crippen molar-refractivity contribution in [2.45, 2.75) is 33.2 Å². The van der Waals surface area contributed by atoms with Crippen LogP contribution in [-0.4, -0.2) is 72.8 Å². The van der Waals surface area contributed by atoms with Crippen molar-refractivity contribution >= 4 is 11.5 Å². The van der Waals surface area contributed by atoms with E-state index in [0.717, 1.165) is 36.4 Å². The van der Waals surface area contributed by atoms with E-state index >= 15 is 4.39 Å². The van der Waals surface area contributed by atoms with Crippen molar-refractivity contribution in [3.05, 3.63) is 94.5 Å². The quantitative estimate of drug-likeness (QED) is 0.260. The fraction of sp³-hybridized carbons (Fsp3) is 0.379. The van der Waals surface area contributed by atoms with E-state index in [2.05, 4.69) is 33.5 Å². The first-order valence-electron chi connectivity index (χ1n) is 12.6. The average molecular weight is 525 g/mol. The second-order valence-corrected chi connectivity index (χ2v) is 9.35.